The number of nitrogens with one attached hydrogen (secondary N) is 1. The molecule has 0 radical (unpaired) electrons. The quantitative estimate of drug-likeness (QED) is 0.702. The standard InChI is InChI=1S/C17H14BrN3O3S/c18-11-7-12(25-10-11)8-21-16(5-6-19-21)20-17(22)15-9-23-13-3-1-2-4-14(13)24-15/h1-7,10,15H,8-9H2,(H,20,22)/t15-/m1/s1. The van der Waals surface area contributed by atoms with Crippen LogP contribution in [0.5, 0.6) is 11.5 Å². The summed E-state index contributed by atoms with van der Waals surface area (Å²) in [5.74, 6) is 1.59. The second kappa shape index (κ2) is 6.89. The average molecular weight is 420 g/mol. The molecule has 1 N–H and O–H groups in total. The number of anilines is 1. The molecule has 1 aliphatic rings. The number of hydrogen-bond acceptors (Lipinski definition) is 5. The van der Waals surface area contributed by atoms with E-state index in [9.17, 15) is 4.79 Å². The largest absolute Gasteiger partial charge is 0.485 e. The molecule has 2 aromatic heterocycles. The third-order valence-corrected chi connectivity index (χ3v) is 5.38. The zero-order valence-electron chi connectivity index (χ0n) is 13.0. The van der Waals surface area contributed by atoms with Crippen molar-refractivity contribution in [1.29, 1.82) is 0 Å². The first-order valence-corrected chi connectivity index (χ1v) is 9.30. The number of benzene rings is 1. The second-order valence-electron chi connectivity index (χ2n) is 5.46. The summed E-state index contributed by atoms with van der Waals surface area (Å²) in [7, 11) is 0. The maximum absolute atomic E-state index is 12.5. The van der Waals surface area contributed by atoms with E-state index in [2.05, 4.69) is 26.3 Å². The first-order valence-electron chi connectivity index (χ1n) is 7.63. The summed E-state index contributed by atoms with van der Waals surface area (Å²) in [5.41, 5.74) is 0. The fourth-order valence-electron chi connectivity index (χ4n) is 2.50. The first kappa shape index (κ1) is 16.2. The Labute approximate surface area is 156 Å². The SMILES string of the molecule is O=C(Nc1ccnn1Cc1cc(Br)cs1)[C@H]1COc2ccccc2O1. The van der Waals surface area contributed by atoms with Crippen molar-refractivity contribution in [1.82, 2.24) is 9.78 Å². The Balaban J connectivity index is 1.44. The number of amides is 1. The van der Waals surface area contributed by atoms with Gasteiger partial charge in [-0.05, 0) is 34.1 Å². The molecule has 4 rings (SSSR count). The van der Waals surface area contributed by atoms with E-state index in [0.717, 1.165) is 9.35 Å². The number of fused-ring (bicyclic) bond motifs is 1. The van der Waals surface area contributed by atoms with Gasteiger partial charge in [-0.25, -0.2) is 4.68 Å². The minimum atomic E-state index is -0.700. The lowest BCUT2D eigenvalue weighted by Crippen LogP contribution is -2.40. The number of carbonyl (C=O) groups is 1. The highest BCUT2D eigenvalue weighted by atomic mass is 79.9. The zero-order valence-corrected chi connectivity index (χ0v) is 15.4. The van der Waals surface area contributed by atoms with Gasteiger partial charge in [0.2, 0.25) is 6.10 Å². The van der Waals surface area contributed by atoms with Crippen LogP contribution in [-0.4, -0.2) is 28.4 Å². The lowest BCUT2D eigenvalue weighted by molar-refractivity contribution is -0.125. The molecule has 1 amide bonds. The van der Waals surface area contributed by atoms with E-state index in [1.54, 1.807) is 34.3 Å². The number of carbonyl (C=O) groups excluding carboxylic acids is 1. The van der Waals surface area contributed by atoms with Crippen molar-refractivity contribution < 1.29 is 14.3 Å². The van der Waals surface area contributed by atoms with Crippen LogP contribution in [0.1, 0.15) is 4.88 Å². The number of ether oxygens (including phenoxy) is 2. The molecule has 128 valence electrons. The van der Waals surface area contributed by atoms with Gasteiger partial charge in [-0.2, -0.15) is 5.10 Å². The van der Waals surface area contributed by atoms with Crippen molar-refractivity contribution in [2.45, 2.75) is 12.6 Å². The minimum absolute atomic E-state index is 0.175. The normalized spacial score (nSPS) is 15.8. The van der Waals surface area contributed by atoms with Gasteiger partial charge in [-0.15, -0.1) is 11.3 Å². The highest BCUT2D eigenvalue weighted by Gasteiger charge is 2.27. The lowest BCUT2D eigenvalue weighted by atomic mass is 10.2. The predicted molar refractivity (Wildman–Crippen MR) is 98.3 cm³/mol. The van der Waals surface area contributed by atoms with E-state index < -0.39 is 6.10 Å². The Bertz CT molecular complexity index is 908. The molecule has 0 saturated heterocycles. The Morgan fingerprint density at radius 1 is 1.36 bits per heavy atom. The van der Waals surface area contributed by atoms with E-state index >= 15 is 0 Å². The van der Waals surface area contributed by atoms with Crippen molar-refractivity contribution in [2.75, 3.05) is 11.9 Å². The van der Waals surface area contributed by atoms with Crippen LogP contribution in [0.25, 0.3) is 0 Å². The van der Waals surface area contributed by atoms with Gasteiger partial charge in [0.1, 0.15) is 12.4 Å². The molecule has 0 saturated carbocycles. The number of nitrogens with zero attached hydrogens (tertiary/aromatic N) is 2. The van der Waals surface area contributed by atoms with Crippen LogP contribution < -0.4 is 14.8 Å². The van der Waals surface area contributed by atoms with Gasteiger partial charge in [0.25, 0.3) is 5.91 Å². The summed E-state index contributed by atoms with van der Waals surface area (Å²) < 4.78 is 14.1. The van der Waals surface area contributed by atoms with Gasteiger partial charge < -0.3 is 14.8 Å². The Morgan fingerprint density at radius 2 is 2.20 bits per heavy atom. The summed E-state index contributed by atoms with van der Waals surface area (Å²) in [6, 6.07) is 11.1. The fraction of sp³-hybridized carbons (Fsp3) is 0.176. The molecule has 25 heavy (non-hydrogen) atoms. The van der Waals surface area contributed by atoms with Crippen LogP contribution in [0.3, 0.4) is 0 Å². The highest BCUT2D eigenvalue weighted by molar-refractivity contribution is 9.10. The van der Waals surface area contributed by atoms with Crippen molar-refractivity contribution in [3.05, 3.63) is 57.3 Å². The van der Waals surface area contributed by atoms with Crippen molar-refractivity contribution in [3.8, 4) is 11.5 Å². The van der Waals surface area contributed by atoms with Gasteiger partial charge in [-0.3, -0.25) is 4.79 Å². The van der Waals surface area contributed by atoms with Crippen molar-refractivity contribution in [2.24, 2.45) is 0 Å². The Morgan fingerprint density at radius 3 is 3.00 bits per heavy atom. The fourth-order valence-corrected chi connectivity index (χ4v) is 3.94. The minimum Gasteiger partial charge on any atom is -0.485 e. The number of rotatable bonds is 4. The van der Waals surface area contributed by atoms with Crippen molar-refractivity contribution in [3.63, 3.8) is 0 Å². The molecule has 1 aromatic carbocycles. The summed E-state index contributed by atoms with van der Waals surface area (Å²) in [5, 5.41) is 9.16. The van der Waals surface area contributed by atoms with E-state index in [1.165, 1.54) is 0 Å². The van der Waals surface area contributed by atoms with E-state index in [0.29, 0.717) is 23.9 Å². The molecular formula is C17H14BrN3O3S. The Kier molecular flexibility index (Phi) is 4.46. The number of aromatic nitrogens is 2. The molecule has 0 bridgehead atoms. The van der Waals surface area contributed by atoms with Gasteiger partial charge in [-0.1, -0.05) is 12.1 Å². The lowest BCUT2D eigenvalue weighted by Gasteiger charge is -2.25. The average Bonchev–Trinajstić information content (AvgIpc) is 3.24. The molecule has 3 aromatic rings. The smallest absolute Gasteiger partial charge is 0.270 e. The summed E-state index contributed by atoms with van der Waals surface area (Å²) in [6.07, 6.45) is 0.959. The summed E-state index contributed by atoms with van der Waals surface area (Å²) in [4.78, 5) is 13.7. The molecule has 6 nitrogen and oxygen atoms in total. The molecule has 0 aliphatic carbocycles. The summed E-state index contributed by atoms with van der Waals surface area (Å²) in [6.45, 7) is 0.762. The third-order valence-electron chi connectivity index (χ3n) is 3.70. The molecule has 0 fully saturated rings. The topological polar surface area (TPSA) is 65.4 Å². The van der Waals surface area contributed by atoms with E-state index in [1.807, 2.05) is 29.6 Å². The van der Waals surface area contributed by atoms with Crippen LogP contribution in [0.15, 0.2) is 52.4 Å². The third kappa shape index (κ3) is 3.54. The molecule has 0 spiro atoms. The molecule has 0 unspecified atom stereocenters. The van der Waals surface area contributed by atoms with Crippen LogP contribution >= 0.6 is 27.3 Å². The van der Waals surface area contributed by atoms with Crippen LogP contribution in [-0.2, 0) is 11.3 Å². The van der Waals surface area contributed by atoms with Crippen molar-refractivity contribution >= 4 is 39.0 Å². The van der Waals surface area contributed by atoms with Crippen LogP contribution in [0.4, 0.5) is 5.82 Å². The molecule has 8 heteroatoms. The van der Waals surface area contributed by atoms with Crippen LogP contribution in [0, 0.1) is 0 Å². The van der Waals surface area contributed by atoms with Gasteiger partial charge >= 0.3 is 0 Å². The maximum Gasteiger partial charge on any atom is 0.270 e. The summed E-state index contributed by atoms with van der Waals surface area (Å²) >= 11 is 5.07. The second-order valence-corrected chi connectivity index (χ2v) is 7.37. The van der Waals surface area contributed by atoms with E-state index in [4.69, 9.17) is 9.47 Å². The monoisotopic (exact) mass is 419 g/mol. The van der Waals surface area contributed by atoms with Gasteiger partial charge in [0.15, 0.2) is 11.5 Å². The number of hydrogen-bond donors (Lipinski definition) is 1. The van der Waals surface area contributed by atoms with Gasteiger partial charge in [0, 0.05) is 20.8 Å². The Hall–Kier alpha value is -2.32. The first-order chi connectivity index (χ1) is 12.2. The number of para-hydroxylation sites is 2. The number of thiophene rings is 1. The maximum atomic E-state index is 12.5. The highest BCUT2D eigenvalue weighted by Crippen LogP contribution is 2.31. The molecule has 1 aliphatic heterocycles. The number of halogens is 1. The molecule has 3 heterocycles. The van der Waals surface area contributed by atoms with E-state index in [-0.39, 0.29) is 12.5 Å². The molecular weight excluding hydrogens is 406 g/mol. The molecule has 1 atom stereocenters. The van der Waals surface area contributed by atoms with Gasteiger partial charge in [0.05, 0.1) is 12.7 Å². The predicted octanol–water partition coefficient (Wildman–Crippen LogP) is 3.53. The van der Waals surface area contributed by atoms with Crippen LogP contribution in [0.2, 0.25) is 0 Å². The zero-order chi connectivity index (χ0) is 17.2.